The normalized spacial score (nSPS) is 12.8. The average molecular weight is 222 g/mol. The van der Waals surface area contributed by atoms with E-state index in [1.807, 2.05) is 19.2 Å². The number of rotatable bonds is 6. The van der Waals surface area contributed by atoms with E-state index in [0.717, 1.165) is 17.8 Å². The number of anilines is 1. The van der Waals surface area contributed by atoms with Crippen molar-refractivity contribution in [2.45, 2.75) is 39.9 Å². The van der Waals surface area contributed by atoms with Crippen LogP contribution in [-0.2, 0) is 11.3 Å². The maximum Gasteiger partial charge on any atom is 0.0892 e. The van der Waals surface area contributed by atoms with Crippen LogP contribution in [0.15, 0.2) is 18.3 Å². The lowest BCUT2D eigenvalue weighted by Gasteiger charge is -2.15. The summed E-state index contributed by atoms with van der Waals surface area (Å²) in [5.74, 6) is 0.673. The van der Waals surface area contributed by atoms with Gasteiger partial charge in [0, 0.05) is 18.9 Å². The maximum atomic E-state index is 5.75. The van der Waals surface area contributed by atoms with Crippen LogP contribution in [0, 0.1) is 5.92 Å². The van der Waals surface area contributed by atoms with E-state index in [-0.39, 0.29) is 0 Å². The van der Waals surface area contributed by atoms with Gasteiger partial charge in [-0.2, -0.15) is 0 Å². The molecule has 0 spiro atoms. The summed E-state index contributed by atoms with van der Waals surface area (Å²) in [7, 11) is 1.90. The molecule has 0 aliphatic heterocycles. The van der Waals surface area contributed by atoms with Crippen LogP contribution in [0.25, 0.3) is 0 Å². The van der Waals surface area contributed by atoms with Crippen LogP contribution >= 0.6 is 0 Å². The summed E-state index contributed by atoms with van der Waals surface area (Å²) in [6, 6.07) is 3.96. The van der Waals surface area contributed by atoms with E-state index in [2.05, 4.69) is 31.1 Å². The Morgan fingerprint density at radius 1 is 1.38 bits per heavy atom. The van der Waals surface area contributed by atoms with E-state index in [1.165, 1.54) is 0 Å². The number of nitrogens with one attached hydrogen (secondary N) is 1. The molecule has 1 atom stereocenters. The second-order valence-electron chi connectivity index (χ2n) is 4.54. The third kappa shape index (κ3) is 4.62. The van der Waals surface area contributed by atoms with Gasteiger partial charge in [-0.3, -0.25) is 4.98 Å². The lowest BCUT2D eigenvalue weighted by Crippen LogP contribution is -2.11. The second-order valence-corrected chi connectivity index (χ2v) is 4.54. The van der Waals surface area contributed by atoms with Gasteiger partial charge in [-0.25, -0.2) is 0 Å². The summed E-state index contributed by atoms with van der Waals surface area (Å²) >= 11 is 0. The molecule has 1 heterocycles. The van der Waals surface area contributed by atoms with E-state index in [0.29, 0.717) is 18.6 Å². The van der Waals surface area contributed by atoms with Crippen LogP contribution in [0.4, 0.5) is 5.69 Å². The average Bonchev–Trinajstić information content (AvgIpc) is 2.26. The van der Waals surface area contributed by atoms with Gasteiger partial charge in [-0.05, 0) is 31.4 Å². The lowest BCUT2D eigenvalue weighted by atomic mass is 10.1. The Morgan fingerprint density at radius 2 is 2.12 bits per heavy atom. The van der Waals surface area contributed by atoms with Gasteiger partial charge in [0.25, 0.3) is 0 Å². The number of nitrogens with zero attached hydrogens (tertiary/aromatic N) is 1. The van der Waals surface area contributed by atoms with E-state index in [1.54, 1.807) is 6.20 Å². The zero-order chi connectivity index (χ0) is 12.0. The highest BCUT2D eigenvalue weighted by atomic mass is 16.5. The molecule has 0 aromatic carbocycles. The molecule has 0 radical (unpaired) electrons. The molecular weight excluding hydrogens is 200 g/mol. The molecule has 0 amide bonds. The first-order chi connectivity index (χ1) is 7.61. The minimum atomic E-state index is 0.292. The number of pyridine rings is 1. The largest absolute Gasteiger partial charge is 0.388 e. The molecule has 1 aromatic heterocycles. The lowest BCUT2D eigenvalue weighted by molar-refractivity contribution is 0.0379. The third-order valence-electron chi connectivity index (χ3n) is 2.42. The highest BCUT2D eigenvalue weighted by Crippen LogP contribution is 2.12. The molecule has 3 heteroatoms. The van der Waals surface area contributed by atoms with Crippen molar-refractivity contribution in [1.82, 2.24) is 4.98 Å². The van der Waals surface area contributed by atoms with E-state index >= 15 is 0 Å². The van der Waals surface area contributed by atoms with Gasteiger partial charge in [0.2, 0.25) is 0 Å². The summed E-state index contributed by atoms with van der Waals surface area (Å²) in [4.78, 5) is 4.27. The molecule has 1 aromatic rings. The fourth-order valence-electron chi connectivity index (χ4n) is 1.67. The first kappa shape index (κ1) is 13.0. The van der Waals surface area contributed by atoms with Crippen LogP contribution < -0.4 is 5.32 Å². The molecular formula is C13H22N2O. The van der Waals surface area contributed by atoms with Gasteiger partial charge in [0.15, 0.2) is 0 Å². The monoisotopic (exact) mass is 222 g/mol. The topological polar surface area (TPSA) is 34.2 Å². The summed E-state index contributed by atoms with van der Waals surface area (Å²) in [6.07, 6.45) is 3.18. The van der Waals surface area contributed by atoms with Crippen LogP contribution in [0.1, 0.15) is 32.9 Å². The van der Waals surface area contributed by atoms with Crippen molar-refractivity contribution in [2.24, 2.45) is 5.92 Å². The summed E-state index contributed by atoms with van der Waals surface area (Å²) < 4.78 is 5.75. The van der Waals surface area contributed by atoms with Gasteiger partial charge in [0.1, 0.15) is 0 Å². The van der Waals surface area contributed by atoms with Crippen molar-refractivity contribution in [3.63, 3.8) is 0 Å². The zero-order valence-corrected chi connectivity index (χ0v) is 10.7. The molecule has 0 bridgehead atoms. The molecule has 0 saturated heterocycles. The molecule has 1 N–H and O–H groups in total. The predicted molar refractivity (Wildman–Crippen MR) is 67.5 cm³/mol. The quantitative estimate of drug-likeness (QED) is 0.803. The van der Waals surface area contributed by atoms with Crippen molar-refractivity contribution < 1.29 is 4.74 Å². The van der Waals surface area contributed by atoms with E-state index in [4.69, 9.17) is 4.74 Å². The third-order valence-corrected chi connectivity index (χ3v) is 2.42. The molecule has 0 aliphatic carbocycles. The molecule has 0 saturated carbocycles. The standard InChI is InChI=1S/C13H22N2O/c1-10(2)7-11(3)16-9-13-8-12(14-4)5-6-15-13/h5-6,8,10-11H,7,9H2,1-4H3,(H,14,15). The SMILES string of the molecule is CNc1ccnc(COC(C)CC(C)C)c1. The molecule has 1 unspecified atom stereocenters. The van der Waals surface area contributed by atoms with Gasteiger partial charge in [-0.15, -0.1) is 0 Å². The first-order valence-electron chi connectivity index (χ1n) is 5.86. The van der Waals surface area contributed by atoms with Gasteiger partial charge in [-0.1, -0.05) is 13.8 Å². The smallest absolute Gasteiger partial charge is 0.0892 e. The number of hydrogen-bond donors (Lipinski definition) is 1. The van der Waals surface area contributed by atoms with Crippen molar-refractivity contribution in [3.8, 4) is 0 Å². The zero-order valence-electron chi connectivity index (χ0n) is 10.7. The number of ether oxygens (including phenoxy) is 1. The van der Waals surface area contributed by atoms with Gasteiger partial charge in [0.05, 0.1) is 18.4 Å². The van der Waals surface area contributed by atoms with E-state index in [9.17, 15) is 0 Å². The Labute approximate surface area is 98.2 Å². The Kier molecular flexibility index (Phi) is 5.26. The molecule has 3 nitrogen and oxygen atoms in total. The summed E-state index contributed by atoms with van der Waals surface area (Å²) in [5, 5.41) is 3.09. The second kappa shape index (κ2) is 6.48. The highest BCUT2D eigenvalue weighted by Gasteiger charge is 2.06. The van der Waals surface area contributed by atoms with Crippen molar-refractivity contribution >= 4 is 5.69 Å². The summed E-state index contributed by atoms with van der Waals surface area (Å²) in [5.41, 5.74) is 2.05. The van der Waals surface area contributed by atoms with Gasteiger partial charge < -0.3 is 10.1 Å². The molecule has 1 rings (SSSR count). The molecule has 0 fully saturated rings. The summed E-state index contributed by atoms with van der Waals surface area (Å²) in [6.45, 7) is 7.12. The van der Waals surface area contributed by atoms with Crippen LogP contribution in [0.3, 0.4) is 0 Å². The Balaban J connectivity index is 2.41. The predicted octanol–water partition coefficient (Wildman–Crippen LogP) is 3.07. The van der Waals surface area contributed by atoms with Crippen LogP contribution in [-0.4, -0.2) is 18.1 Å². The fourth-order valence-corrected chi connectivity index (χ4v) is 1.67. The minimum absolute atomic E-state index is 0.292. The maximum absolute atomic E-state index is 5.75. The minimum Gasteiger partial charge on any atom is -0.388 e. The Morgan fingerprint density at radius 3 is 2.75 bits per heavy atom. The Hall–Kier alpha value is -1.09. The molecule has 16 heavy (non-hydrogen) atoms. The highest BCUT2D eigenvalue weighted by molar-refractivity contribution is 5.42. The fraction of sp³-hybridized carbons (Fsp3) is 0.615. The van der Waals surface area contributed by atoms with Crippen molar-refractivity contribution in [1.29, 1.82) is 0 Å². The van der Waals surface area contributed by atoms with E-state index < -0.39 is 0 Å². The molecule has 0 aliphatic rings. The number of aromatic nitrogens is 1. The van der Waals surface area contributed by atoms with Crippen LogP contribution in [0.2, 0.25) is 0 Å². The van der Waals surface area contributed by atoms with Crippen molar-refractivity contribution in [2.75, 3.05) is 12.4 Å². The van der Waals surface area contributed by atoms with Gasteiger partial charge >= 0.3 is 0 Å². The Bertz CT molecular complexity index is 313. The first-order valence-corrected chi connectivity index (χ1v) is 5.86. The molecule has 90 valence electrons. The van der Waals surface area contributed by atoms with Crippen molar-refractivity contribution in [3.05, 3.63) is 24.0 Å². The van der Waals surface area contributed by atoms with Crippen LogP contribution in [0.5, 0.6) is 0 Å². The number of hydrogen-bond acceptors (Lipinski definition) is 3.